The SMILES string of the molecule is Cc1ccc(CS(=O)(=O)c2cn(CC(=O)Nc3ccc(F)cc3)c3ccccc23)cc1. The maximum atomic E-state index is 13.2. The number of aryl methyl sites for hydroxylation is 1. The van der Waals surface area contributed by atoms with Crippen molar-refractivity contribution in [1.82, 2.24) is 4.57 Å². The Bertz CT molecular complexity index is 1340. The van der Waals surface area contributed by atoms with Gasteiger partial charge in [0, 0.05) is 22.8 Å². The van der Waals surface area contributed by atoms with Crippen LogP contribution < -0.4 is 5.32 Å². The van der Waals surface area contributed by atoms with E-state index < -0.39 is 15.7 Å². The predicted molar refractivity (Wildman–Crippen MR) is 119 cm³/mol. The third-order valence-electron chi connectivity index (χ3n) is 5.01. The van der Waals surface area contributed by atoms with Crippen molar-refractivity contribution in [2.45, 2.75) is 24.1 Å². The van der Waals surface area contributed by atoms with Crippen molar-refractivity contribution in [2.75, 3.05) is 5.32 Å². The third-order valence-corrected chi connectivity index (χ3v) is 6.72. The van der Waals surface area contributed by atoms with Crippen molar-refractivity contribution >= 4 is 32.3 Å². The lowest BCUT2D eigenvalue weighted by Crippen LogP contribution is -2.18. The Morgan fingerprint density at radius 1 is 0.968 bits per heavy atom. The van der Waals surface area contributed by atoms with Gasteiger partial charge < -0.3 is 9.88 Å². The Kier molecular flexibility index (Phi) is 5.61. The minimum Gasteiger partial charge on any atom is -0.337 e. The van der Waals surface area contributed by atoms with Crippen molar-refractivity contribution < 1.29 is 17.6 Å². The van der Waals surface area contributed by atoms with E-state index in [2.05, 4.69) is 5.32 Å². The highest BCUT2D eigenvalue weighted by Crippen LogP contribution is 2.28. The molecule has 0 aliphatic rings. The number of aromatic nitrogens is 1. The molecule has 158 valence electrons. The molecule has 0 fully saturated rings. The van der Waals surface area contributed by atoms with Crippen molar-refractivity contribution in [3.8, 4) is 0 Å². The second kappa shape index (κ2) is 8.35. The standard InChI is InChI=1S/C24H21FN2O3S/c1-17-6-8-18(9-7-17)16-31(29,30)23-14-27(22-5-3-2-4-21(22)23)15-24(28)26-20-12-10-19(25)11-13-20/h2-14H,15-16H2,1H3,(H,26,28). The van der Waals surface area contributed by atoms with Gasteiger partial charge in [0.2, 0.25) is 5.91 Å². The molecule has 0 unspecified atom stereocenters. The van der Waals surface area contributed by atoms with Crippen LogP contribution in [0.3, 0.4) is 0 Å². The Balaban J connectivity index is 1.63. The Morgan fingerprint density at radius 3 is 2.35 bits per heavy atom. The number of nitrogens with zero attached hydrogens (tertiary/aromatic N) is 1. The van der Waals surface area contributed by atoms with Gasteiger partial charge in [0.15, 0.2) is 9.84 Å². The molecule has 0 radical (unpaired) electrons. The van der Waals surface area contributed by atoms with Gasteiger partial charge in [-0.2, -0.15) is 0 Å². The largest absolute Gasteiger partial charge is 0.337 e. The van der Waals surface area contributed by atoms with Gasteiger partial charge in [0.05, 0.1) is 10.6 Å². The summed E-state index contributed by atoms with van der Waals surface area (Å²) in [6.07, 6.45) is 1.51. The molecule has 0 aliphatic heterocycles. The Labute approximate surface area is 180 Å². The van der Waals surface area contributed by atoms with Gasteiger partial charge >= 0.3 is 0 Å². The molecule has 4 rings (SSSR count). The lowest BCUT2D eigenvalue weighted by molar-refractivity contribution is -0.116. The van der Waals surface area contributed by atoms with E-state index in [4.69, 9.17) is 0 Å². The van der Waals surface area contributed by atoms with Crippen LogP contribution >= 0.6 is 0 Å². The highest BCUT2D eigenvalue weighted by Gasteiger charge is 2.22. The minimum absolute atomic E-state index is 0.0715. The van der Waals surface area contributed by atoms with Gasteiger partial charge in [0.1, 0.15) is 12.4 Å². The third kappa shape index (κ3) is 4.67. The normalized spacial score (nSPS) is 11.5. The molecular formula is C24H21FN2O3S. The highest BCUT2D eigenvalue weighted by atomic mass is 32.2. The van der Waals surface area contributed by atoms with E-state index in [-0.39, 0.29) is 23.1 Å². The molecule has 0 saturated heterocycles. The zero-order chi connectivity index (χ0) is 22.0. The zero-order valence-electron chi connectivity index (χ0n) is 16.9. The number of hydrogen-bond donors (Lipinski definition) is 1. The average Bonchev–Trinajstić information content (AvgIpc) is 3.11. The lowest BCUT2D eigenvalue weighted by Gasteiger charge is -2.07. The average molecular weight is 437 g/mol. The zero-order valence-corrected chi connectivity index (χ0v) is 17.7. The van der Waals surface area contributed by atoms with E-state index >= 15 is 0 Å². The summed E-state index contributed by atoms with van der Waals surface area (Å²) in [5, 5.41) is 3.27. The number of amides is 1. The fourth-order valence-corrected chi connectivity index (χ4v) is 5.04. The van der Waals surface area contributed by atoms with Crippen LogP contribution in [0.4, 0.5) is 10.1 Å². The van der Waals surface area contributed by atoms with E-state index in [0.29, 0.717) is 22.2 Å². The number of rotatable bonds is 6. The van der Waals surface area contributed by atoms with Crippen LogP contribution in [0.1, 0.15) is 11.1 Å². The quantitative estimate of drug-likeness (QED) is 0.476. The van der Waals surface area contributed by atoms with Crippen LogP contribution in [0.2, 0.25) is 0 Å². The fraction of sp³-hybridized carbons (Fsp3) is 0.125. The van der Waals surface area contributed by atoms with Crippen LogP contribution in [0.25, 0.3) is 10.9 Å². The number of carbonyl (C=O) groups is 1. The second-order valence-corrected chi connectivity index (χ2v) is 9.40. The number of nitrogens with one attached hydrogen (secondary N) is 1. The molecule has 0 atom stereocenters. The van der Waals surface area contributed by atoms with Gasteiger partial charge in [-0.05, 0) is 42.8 Å². The summed E-state index contributed by atoms with van der Waals surface area (Å²) in [4.78, 5) is 12.7. The van der Waals surface area contributed by atoms with Gasteiger partial charge in [-0.3, -0.25) is 4.79 Å². The summed E-state index contributed by atoms with van der Waals surface area (Å²) in [5.74, 6) is -0.851. The minimum atomic E-state index is -3.63. The fourth-order valence-electron chi connectivity index (χ4n) is 3.46. The van der Waals surface area contributed by atoms with E-state index in [1.807, 2.05) is 31.2 Å². The van der Waals surface area contributed by atoms with Crippen LogP contribution in [0.5, 0.6) is 0 Å². The number of para-hydroxylation sites is 1. The number of sulfone groups is 1. The molecule has 1 aromatic heterocycles. The molecule has 31 heavy (non-hydrogen) atoms. The summed E-state index contributed by atoms with van der Waals surface area (Å²) in [5.41, 5.74) is 2.88. The Hall–Kier alpha value is -3.45. The van der Waals surface area contributed by atoms with Crippen LogP contribution in [-0.2, 0) is 26.9 Å². The monoisotopic (exact) mass is 436 g/mol. The molecule has 1 N–H and O–H groups in total. The van der Waals surface area contributed by atoms with Gasteiger partial charge in [-0.25, -0.2) is 12.8 Å². The maximum Gasteiger partial charge on any atom is 0.244 e. The first-order valence-electron chi connectivity index (χ1n) is 9.73. The number of fused-ring (bicyclic) bond motifs is 1. The first-order valence-corrected chi connectivity index (χ1v) is 11.4. The summed E-state index contributed by atoms with van der Waals surface area (Å²) >= 11 is 0. The van der Waals surface area contributed by atoms with E-state index in [1.165, 1.54) is 30.5 Å². The predicted octanol–water partition coefficient (Wildman–Crippen LogP) is 4.70. The molecule has 7 heteroatoms. The summed E-state index contributed by atoms with van der Waals surface area (Å²) in [6.45, 7) is 1.88. The molecule has 3 aromatic carbocycles. The topological polar surface area (TPSA) is 68.2 Å². The van der Waals surface area contributed by atoms with Crippen molar-refractivity contribution in [1.29, 1.82) is 0 Å². The van der Waals surface area contributed by atoms with Gasteiger partial charge in [-0.1, -0.05) is 48.0 Å². The highest BCUT2D eigenvalue weighted by molar-refractivity contribution is 7.90. The number of anilines is 1. The second-order valence-electron chi connectivity index (χ2n) is 7.44. The molecule has 0 spiro atoms. The van der Waals surface area contributed by atoms with Crippen molar-refractivity contribution in [3.63, 3.8) is 0 Å². The number of benzene rings is 3. The molecule has 1 amide bonds. The number of hydrogen-bond acceptors (Lipinski definition) is 3. The van der Waals surface area contributed by atoms with E-state index in [1.54, 1.807) is 28.8 Å². The maximum absolute atomic E-state index is 13.2. The molecule has 0 bridgehead atoms. The van der Waals surface area contributed by atoms with E-state index in [0.717, 1.165) is 5.56 Å². The molecule has 1 heterocycles. The molecular weight excluding hydrogens is 415 g/mol. The van der Waals surface area contributed by atoms with Crippen LogP contribution in [-0.4, -0.2) is 18.9 Å². The number of halogens is 1. The van der Waals surface area contributed by atoms with Crippen LogP contribution in [0, 0.1) is 12.7 Å². The van der Waals surface area contributed by atoms with E-state index in [9.17, 15) is 17.6 Å². The Morgan fingerprint density at radius 2 is 1.65 bits per heavy atom. The number of carbonyl (C=O) groups excluding carboxylic acids is 1. The first-order chi connectivity index (χ1) is 14.8. The molecule has 4 aromatic rings. The molecule has 5 nitrogen and oxygen atoms in total. The van der Waals surface area contributed by atoms with Gasteiger partial charge in [0.25, 0.3) is 0 Å². The first kappa shape index (κ1) is 20.8. The molecule has 0 saturated carbocycles. The summed E-state index contributed by atoms with van der Waals surface area (Å²) in [6, 6.07) is 19.9. The summed E-state index contributed by atoms with van der Waals surface area (Å²) in [7, 11) is -3.63. The smallest absolute Gasteiger partial charge is 0.244 e. The van der Waals surface area contributed by atoms with Crippen LogP contribution in [0.15, 0.2) is 83.9 Å². The van der Waals surface area contributed by atoms with Crippen molar-refractivity contribution in [3.05, 3.63) is 95.9 Å². The van der Waals surface area contributed by atoms with Gasteiger partial charge in [-0.15, -0.1) is 0 Å². The lowest BCUT2D eigenvalue weighted by atomic mass is 10.2. The van der Waals surface area contributed by atoms with Crippen molar-refractivity contribution in [2.24, 2.45) is 0 Å². The molecule has 0 aliphatic carbocycles. The summed E-state index contributed by atoms with van der Waals surface area (Å²) < 4.78 is 41.0.